The van der Waals surface area contributed by atoms with E-state index in [4.69, 9.17) is 4.74 Å². The fraction of sp³-hybridized carbons (Fsp3) is 0.450. The number of benzene rings is 1. The van der Waals surface area contributed by atoms with Crippen molar-refractivity contribution >= 4 is 11.9 Å². The lowest BCUT2D eigenvalue weighted by Gasteiger charge is -2.32. The first-order valence-electron chi connectivity index (χ1n) is 9.04. The smallest absolute Gasteiger partial charge is 0.338 e. The van der Waals surface area contributed by atoms with Gasteiger partial charge in [0.15, 0.2) is 6.10 Å². The predicted molar refractivity (Wildman–Crippen MR) is 103 cm³/mol. The molecule has 0 saturated heterocycles. The van der Waals surface area contributed by atoms with Crippen LogP contribution in [0.15, 0.2) is 35.3 Å². The number of imidazole rings is 1. The number of hydrogen-bond donors (Lipinski definition) is 1. The third-order valence-corrected chi connectivity index (χ3v) is 4.32. The van der Waals surface area contributed by atoms with Gasteiger partial charge in [-0.25, -0.2) is 9.59 Å². The van der Waals surface area contributed by atoms with E-state index in [2.05, 4.69) is 4.98 Å². The average Bonchev–Trinajstić information content (AvgIpc) is 2.92. The number of amides is 1. The van der Waals surface area contributed by atoms with Crippen LogP contribution in [0.25, 0.3) is 5.69 Å². The first-order valence-corrected chi connectivity index (χ1v) is 9.04. The van der Waals surface area contributed by atoms with Crippen molar-refractivity contribution in [1.29, 1.82) is 0 Å². The standard InChI is InChI=1S/C20H27N3O4/c1-12(2)22(13(3)4)18(24)15(6)27-19(25)16-7-9-17(10-8-16)23-14(5)11-21-20(23)26/h7-13,15H,1-6H3,(H,21,26). The summed E-state index contributed by atoms with van der Waals surface area (Å²) in [6, 6.07) is 6.52. The Labute approximate surface area is 158 Å². The highest BCUT2D eigenvalue weighted by Crippen LogP contribution is 2.14. The maximum atomic E-state index is 12.6. The first-order chi connectivity index (χ1) is 12.6. The van der Waals surface area contributed by atoms with Gasteiger partial charge in [0.05, 0.1) is 11.3 Å². The lowest BCUT2D eigenvalue weighted by Crippen LogP contribution is -2.47. The third-order valence-electron chi connectivity index (χ3n) is 4.32. The second-order valence-corrected chi connectivity index (χ2v) is 7.10. The Bertz CT molecular complexity index is 854. The summed E-state index contributed by atoms with van der Waals surface area (Å²) in [6.07, 6.45) is 0.740. The van der Waals surface area contributed by atoms with Gasteiger partial charge in [-0.05, 0) is 65.8 Å². The fourth-order valence-corrected chi connectivity index (χ4v) is 3.12. The van der Waals surface area contributed by atoms with Crippen LogP contribution in [-0.2, 0) is 9.53 Å². The number of carbonyl (C=O) groups excluding carboxylic acids is 2. The first kappa shape index (κ1) is 20.5. The number of hydrogen-bond acceptors (Lipinski definition) is 4. The quantitative estimate of drug-likeness (QED) is 0.789. The van der Waals surface area contributed by atoms with Crippen LogP contribution >= 0.6 is 0 Å². The highest BCUT2D eigenvalue weighted by Gasteiger charge is 2.27. The van der Waals surface area contributed by atoms with E-state index in [0.29, 0.717) is 11.3 Å². The van der Waals surface area contributed by atoms with Gasteiger partial charge < -0.3 is 14.6 Å². The van der Waals surface area contributed by atoms with Gasteiger partial charge in [-0.2, -0.15) is 0 Å². The zero-order chi connectivity index (χ0) is 20.3. The number of nitrogens with zero attached hydrogens (tertiary/aromatic N) is 2. The van der Waals surface area contributed by atoms with Gasteiger partial charge in [0.2, 0.25) is 0 Å². The summed E-state index contributed by atoms with van der Waals surface area (Å²) in [5.41, 5.74) is 1.48. The SMILES string of the molecule is Cc1c[nH]c(=O)n1-c1ccc(C(=O)OC(C)C(=O)N(C(C)C)C(C)C)cc1. The normalized spacial score (nSPS) is 12.3. The number of carbonyl (C=O) groups is 2. The van der Waals surface area contributed by atoms with Crippen LogP contribution in [0.3, 0.4) is 0 Å². The number of aromatic amines is 1. The van der Waals surface area contributed by atoms with E-state index in [1.807, 2.05) is 34.6 Å². The number of nitrogens with one attached hydrogen (secondary N) is 1. The molecule has 1 atom stereocenters. The Morgan fingerprint density at radius 3 is 2.04 bits per heavy atom. The Kier molecular flexibility index (Phi) is 6.25. The minimum atomic E-state index is -0.878. The molecule has 146 valence electrons. The monoisotopic (exact) mass is 373 g/mol. The average molecular weight is 373 g/mol. The van der Waals surface area contributed by atoms with Crippen LogP contribution in [0.2, 0.25) is 0 Å². The van der Waals surface area contributed by atoms with Crippen LogP contribution in [0.1, 0.15) is 50.7 Å². The summed E-state index contributed by atoms with van der Waals surface area (Å²) in [7, 11) is 0. The Hall–Kier alpha value is -2.83. The molecule has 0 bridgehead atoms. The van der Waals surface area contributed by atoms with Crippen molar-refractivity contribution in [3.05, 3.63) is 52.2 Å². The molecule has 0 fully saturated rings. The molecule has 2 rings (SSSR count). The van der Waals surface area contributed by atoms with Gasteiger partial charge in [0.1, 0.15) is 0 Å². The maximum absolute atomic E-state index is 12.6. The van der Waals surface area contributed by atoms with E-state index in [0.717, 1.165) is 5.69 Å². The number of H-pyrrole nitrogens is 1. The summed E-state index contributed by atoms with van der Waals surface area (Å²) in [6.45, 7) is 11.1. The van der Waals surface area contributed by atoms with Crippen molar-refractivity contribution in [2.75, 3.05) is 0 Å². The second-order valence-electron chi connectivity index (χ2n) is 7.10. The number of aromatic nitrogens is 2. The van der Waals surface area contributed by atoms with E-state index in [1.165, 1.54) is 4.57 Å². The number of rotatable bonds is 6. The summed E-state index contributed by atoms with van der Waals surface area (Å²) >= 11 is 0. The Balaban J connectivity index is 2.12. The lowest BCUT2D eigenvalue weighted by molar-refractivity contribution is -0.143. The zero-order valence-electron chi connectivity index (χ0n) is 16.6. The second kappa shape index (κ2) is 8.24. The predicted octanol–water partition coefficient (Wildman–Crippen LogP) is 2.66. The van der Waals surface area contributed by atoms with Crippen molar-refractivity contribution in [2.45, 2.75) is 59.7 Å². The van der Waals surface area contributed by atoms with Crippen molar-refractivity contribution in [3.8, 4) is 5.69 Å². The molecular formula is C20H27N3O4. The molecule has 7 nitrogen and oxygen atoms in total. The molecule has 2 aromatic rings. The molecule has 0 spiro atoms. The molecule has 1 amide bonds. The lowest BCUT2D eigenvalue weighted by atomic mass is 10.2. The zero-order valence-corrected chi connectivity index (χ0v) is 16.6. The van der Waals surface area contributed by atoms with Crippen LogP contribution in [-0.4, -0.2) is 44.5 Å². The van der Waals surface area contributed by atoms with Crippen molar-refractivity contribution in [1.82, 2.24) is 14.5 Å². The molecule has 0 aliphatic heterocycles. The molecule has 1 aromatic carbocycles. The van der Waals surface area contributed by atoms with Crippen molar-refractivity contribution in [3.63, 3.8) is 0 Å². The molecule has 0 aliphatic rings. The molecular weight excluding hydrogens is 346 g/mol. The summed E-state index contributed by atoms with van der Waals surface area (Å²) in [5.74, 6) is -0.799. The highest BCUT2D eigenvalue weighted by atomic mass is 16.5. The third kappa shape index (κ3) is 4.48. The van der Waals surface area contributed by atoms with Crippen molar-refractivity contribution < 1.29 is 14.3 Å². The van der Waals surface area contributed by atoms with E-state index >= 15 is 0 Å². The summed E-state index contributed by atoms with van der Waals surface area (Å²) in [4.78, 5) is 41.1. The largest absolute Gasteiger partial charge is 0.449 e. The minimum Gasteiger partial charge on any atom is -0.449 e. The maximum Gasteiger partial charge on any atom is 0.338 e. The van der Waals surface area contributed by atoms with Crippen molar-refractivity contribution in [2.24, 2.45) is 0 Å². The molecule has 1 N–H and O–H groups in total. The van der Waals surface area contributed by atoms with Gasteiger partial charge in [0.25, 0.3) is 5.91 Å². The topological polar surface area (TPSA) is 84.4 Å². The molecule has 1 unspecified atom stereocenters. The van der Waals surface area contributed by atoms with Gasteiger partial charge >= 0.3 is 11.7 Å². The van der Waals surface area contributed by atoms with E-state index < -0.39 is 12.1 Å². The minimum absolute atomic E-state index is 0.0147. The van der Waals surface area contributed by atoms with Crippen LogP contribution in [0, 0.1) is 6.92 Å². The van der Waals surface area contributed by atoms with E-state index in [1.54, 1.807) is 42.3 Å². The van der Waals surface area contributed by atoms with Gasteiger partial charge in [0, 0.05) is 24.0 Å². The summed E-state index contributed by atoms with van der Waals surface area (Å²) < 4.78 is 6.86. The van der Waals surface area contributed by atoms with Gasteiger partial charge in [-0.1, -0.05) is 0 Å². The molecule has 1 heterocycles. The molecule has 0 radical (unpaired) electrons. The van der Waals surface area contributed by atoms with E-state index in [9.17, 15) is 14.4 Å². The van der Waals surface area contributed by atoms with Crippen LogP contribution in [0.4, 0.5) is 0 Å². The van der Waals surface area contributed by atoms with E-state index in [-0.39, 0.29) is 23.7 Å². The molecule has 7 heteroatoms. The highest BCUT2D eigenvalue weighted by molar-refractivity contribution is 5.92. The van der Waals surface area contributed by atoms with Crippen LogP contribution in [0.5, 0.6) is 0 Å². The summed E-state index contributed by atoms with van der Waals surface area (Å²) in [5, 5.41) is 0. The van der Waals surface area contributed by atoms with Gasteiger partial charge in [-0.3, -0.25) is 9.36 Å². The molecule has 27 heavy (non-hydrogen) atoms. The van der Waals surface area contributed by atoms with Gasteiger partial charge in [-0.15, -0.1) is 0 Å². The van der Waals surface area contributed by atoms with Crippen LogP contribution < -0.4 is 5.69 Å². The fourth-order valence-electron chi connectivity index (χ4n) is 3.12. The molecule has 0 aliphatic carbocycles. The number of esters is 1. The molecule has 0 saturated carbocycles. The number of aryl methyl sites for hydroxylation is 1. The number of ether oxygens (including phenoxy) is 1. The Morgan fingerprint density at radius 1 is 1.04 bits per heavy atom. The molecule has 1 aromatic heterocycles. The Morgan fingerprint density at radius 2 is 1.59 bits per heavy atom.